The van der Waals surface area contributed by atoms with Gasteiger partial charge in [-0.3, -0.25) is 4.79 Å². The van der Waals surface area contributed by atoms with E-state index in [0.29, 0.717) is 42.9 Å². The number of carbonyl (C=O) groups is 2. The second-order valence-corrected chi connectivity index (χ2v) is 7.39. The highest BCUT2D eigenvalue weighted by molar-refractivity contribution is 8.04. The average Bonchev–Trinajstić information content (AvgIpc) is 2.95. The summed E-state index contributed by atoms with van der Waals surface area (Å²) < 4.78 is 16.0. The van der Waals surface area contributed by atoms with Crippen LogP contribution in [0.2, 0.25) is 0 Å². The lowest BCUT2D eigenvalue weighted by molar-refractivity contribution is -0.137. The number of hydrogen-bond donors (Lipinski definition) is 0. The first-order chi connectivity index (χ1) is 12.2. The van der Waals surface area contributed by atoms with Gasteiger partial charge < -0.3 is 19.1 Å². The molecule has 2 aliphatic rings. The molecule has 25 heavy (non-hydrogen) atoms. The van der Waals surface area contributed by atoms with Gasteiger partial charge in [-0.05, 0) is 25.1 Å². The van der Waals surface area contributed by atoms with Gasteiger partial charge in [0.1, 0.15) is 13.2 Å². The molecule has 0 aromatic heterocycles. The molecule has 1 saturated heterocycles. The molecule has 8 heteroatoms. The minimum atomic E-state index is -0.413. The topological polar surface area (TPSA) is 65.1 Å². The predicted octanol–water partition coefficient (Wildman–Crippen LogP) is 2.53. The van der Waals surface area contributed by atoms with Gasteiger partial charge in [-0.25, -0.2) is 4.79 Å². The minimum Gasteiger partial charge on any atom is -0.486 e. The molecule has 0 bridgehead atoms. The predicted molar refractivity (Wildman–Crippen MR) is 97.0 cm³/mol. The summed E-state index contributed by atoms with van der Waals surface area (Å²) in [5.41, 5.74) is 0. The molecule has 0 radical (unpaired) electrons. The third-order valence-electron chi connectivity index (χ3n) is 3.54. The quantitative estimate of drug-likeness (QED) is 0.426. The zero-order valence-corrected chi connectivity index (χ0v) is 15.5. The molecule has 1 fully saturated rings. The number of ether oxygens (including phenoxy) is 3. The largest absolute Gasteiger partial charge is 0.486 e. The lowest BCUT2D eigenvalue weighted by atomic mass is 10.3. The molecule has 0 aliphatic carbocycles. The third kappa shape index (κ3) is 4.64. The van der Waals surface area contributed by atoms with E-state index in [1.165, 1.54) is 17.8 Å². The van der Waals surface area contributed by atoms with Crippen molar-refractivity contribution in [2.45, 2.75) is 11.8 Å². The van der Waals surface area contributed by atoms with Gasteiger partial charge in [0.15, 0.2) is 11.5 Å². The molecule has 1 aromatic rings. The van der Waals surface area contributed by atoms with Gasteiger partial charge in [0, 0.05) is 17.2 Å². The number of amides is 1. The first-order valence-electron chi connectivity index (χ1n) is 8.01. The molecule has 134 valence electrons. The Morgan fingerprint density at radius 1 is 1.36 bits per heavy atom. The van der Waals surface area contributed by atoms with Crippen LogP contribution >= 0.6 is 23.5 Å². The highest BCUT2D eigenvalue weighted by Crippen LogP contribution is 2.35. The third-order valence-corrected chi connectivity index (χ3v) is 5.54. The van der Waals surface area contributed by atoms with Crippen molar-refractivity contribution in [3.05, 3.63) is 29.3 Å². The van der Waals surface area contributed by atoms with Gasteiger partial charge in [0.25, 0.3) is 0 Å². The van der Waals surface area contributed by atoms with E-state index in [1.54, 1.807) is 23.6 Å². The molecule has 0 unspecified atom stereocenters. The van der Waals surface area contributed by atoms with E-state index in [0.717, 1.165) is 16.4 Å². The lowest BCUT2D eigenvalue weighted by Crippen LogP contribution is -2.27. The molecule has 2 aliphatic heterocycles. The van der Waals surface area contributed by atoms with Crippen molar-refractivity contribution in [3.63, 3.8) is 0 Å². The molecule has 1 aromatic carbocycles. The number of rotatable bonds is 6. The zero-order valence-electron chi connectivity index (χ0n) is 13.9. The fraction of sp³-hybridized carbons (Fsp3) is 0.412. The highest BCUT2D eigenvalue weighted by Gasteiger charge is 2.27. The number of fused-ring (bicyclic) bond motifs is 1. The highest BCUT2D eigenvalue weighted by atomic mass is 32.2. The summed E-state index contributed by atoms with van der Waals surface area (Å²) in [7, 11) is 0. The number of hydrogen-bond acceptors (Lipinski definition) is 7. The number of nitrogens with zero attached hydrogens (tertiary/aromatic N) is 1. The number of esters is 1. The zero-order chi connectivity index (χ0) is 17.6. The molecule has 1 amide bonds. The number of benzene rings is 1. The fourth-order valence-corrected chi connectivity index (χ4v) is 4.24. The number of carbonyl (C=O) groups excluding carboxylic acids is 2. The molecule has 3 rings (SSSR count). The molecule has 0 N–H and O–H groups in total. The summed E-state index contributed by atoms with van der Waals surface area (Å²) >= 11 is 3.00. The van der Waals surface area contributed by atoms with E-state index in [4.69, 9.17) is 14.2 Å². The van der Waals surface area contributed by atoms with Crippen LogP contribution in [0, 0.1) is 0 Å². The van der Waals surface area contributed by atoms with Crippen LogP contribution in [0.15, 0.2) is 34.2 Å². The van der Waals surface area contributed by atoms with Crippen molar-refractivity contribution in [2.75, 3.05) is 37.9 Å². The average molecular weight is 381 g/mol. The summed E-state index contributed by atoms with van der Waals surface area (Å²) in [5.74, 6) is 2.20. The first kappa shape index (κ1) is 18.0. The minimum absolute atomic E-state index is 0.0170. The summed E-state index contributed by atoms with van der Waals surface area (Å²) in [5, 5.41) is 0.659. The van der Waals surface area contributed by atoms with Crippen LogP contribution in [0.3, 0.4) is 0 Å². The Hall–Kier alpha value is -1.80. The SMILES string of the molecule is CCOC(=O)/C=C1\SCC(=O)N1CCSc1ccc2c(c1)OCCO2. The Morgan fingerprint density at radius 3 is 2.96 bits per heavy atom. The molecular formula is C17H19NO5S2. The summed E-state index contributed by atoms with van der Waals surface area (Å²) in [6.45, 7) is 3.74. The molecule has 0 saturated carbocycles. The second kappa shape index (κ2) is 8.53. The monoisotopic (exact) mass is 381 g/mol. The Kier molecular flexibility index (Phi) is 6.14. The fourth-order valence-electron chi connectivity index (χ4n) is 2.42. The molecule has 0 atom stereocenters. The van der Waals surface area contributed by atoms with Crippen LogP contribution in [-0.4, -0.2) is 54.6 Å². The van der Waals surface area contributed by atoms with Gasteiger partial charge in [0.2, 0.25) is 5.91 Å². The van der Waals surface area contributed by atoms with Gasteiger partial charge in [-0.15, -0.1) is 11.8 Å². The van der Waals surface area contributed by atoms with E-state index >= 15 is 0 Å². The lowest BCUT2D eigenvalue weighted by Gasteiger charge is -2.19. The molecule has 0 spiro atoms. The van der Waals surface area contributed by atoms with Gasteiger partial charge in [0.05, 0.1) is 23.5 Å². The molecule has 2 heterocycles. The first-order valence-corrected chi connectivity index (χ1v) is 9.98. The standard InChI is InChI=1S/C17H19NO5S2/c1-2-21-17(20)10-16-18(15(19)11-25-16)5-8-24-12-3-4-13-14(9-12)23-7-6-22-13/h3-4,9-10H,2,5-8,11H2,1H3/b16-10-. The van der Waals surface area contributed by atoms with E-state index in [-0.39, 0.29) is 5.91 Å². The summed E-state index contributed by atoms with van der Waals surface area (Å²) in [6, 6.07) is 5.84. The van der Waals surface area contributed by atoms with Crippen molar-refractivity contribution in [1.29, 1.82) is 0 Å². The van der Waals surface area contributed by atoms with Crippen molar-refractivity contribution in [1.82, 2.24) is 4.90 Å². The second-order valence-electron chi connectivity index (χ2n) is 5.22. The maximum atomic E-state index is 12.0. The van der Waals surface area contributed by atoms with Crippen LogP contribution in [0.5, 0.6) is 11.5 Å². The summed E-state index contributed by atoms with van der Waals surface area (Å²) in [6.07, 6.45) is 1.40. The smallest absolute Gasteiger partial charge is 0.333 e. The Morgan fingerprint density at radius 2 is 2.16 bits per heavy atom. The van der Waals surface area contributed by atoms with E-state index in [1.807, 2.05) is 18.2 Å². The van der Waals surface area contributed by atoms with Crippen LogP contribution < -0.4 is 9.47 Å². The molecule has 6 nitrogen and oxygen atoms in total. The Bertz CT molecular complexity index is 692. The normalized spacial score (nSPS) is 17.9. The van der Waals surface area contributed by atoms with Crippen LogP contribution in [0.1, 0.15) is 6.92 Å². The van der Waals surface area contributed by atoms with Gasteiger partial charge in [-0.1, -0.05) is 11.8 Å². The Labute approximate surface area is 154 Å². The Balaban J connectivity index is 1.56. The van der Waals surface area contributed by atoms with E-state index in [9.17, 15) is 9.59 Å². The van der Waals surface area contributed by atoms with Crippen LogP contribution in [0.4, 0.5) is 0 Å². The molecular weight excluding hydrogens is 362 g/mol. The van der Waals surface area contributed by atoms with E-state index in [2.05, 4.69) is 0 Å². The van der Waals surface area contributed by atoms with Crippen LogP contribution in [-0.2, 0) is 14.3 Å². The van der Waals surface area contributed by atoms with Crippen molar-refractivity contribution in [3.8, 4) is 11.5 Å². The number of thioether (sulfide) groups is 2. The van der Waals surface area contributed by atoms with Crippen LogP contribution in [0.25, 0.3) is 0 Å². The van der Waals surface area contributed by atoms with Crippen molar-refractivity contribution < 1.29 is 23.8 Å². The van der Waals surface area contributed by atoms with Gasteiger partial charge >= 0.3 is 5.97 Å². The van der Waals surface area contributed by atoms with Gasteiger partial charge in [-0.2, -0.15) is 0 Å². The summed E-state index contributed by atoms with van der Waals surface area (Å²) in [4.78, 5) is 26.3. The van der Waals surface area contributed by atoms with E-state index < -0.39 is 5.97 Å². The maximum absolute atomic E-state index is 12.0. The maximum Gasteiger partial charge on any atom is 0.333 e. The van der Waals surface area contributed by atoms with Crippen molar-refractivity contribution >= 4 is 35.4 Å². The van der Waals surface area contributed by atoms with Crippen molar-refractivity contribution in [2.24, 2.45) is 0 Å².